The van der Waals surface area contributed by atoms with E-state index in [9.17, 15) is 13.2 Å². The van der Waals surface area contributed by atoms with Crippen molar-refractivity contribution in [3.63, 3.8) is 0 Å². The highest BCUT2D eigenvalue weighted by molar-refractivity contribution is 7.91. The number of nitrogens with zero attached hydrogens (tertiary/aromatic N) is 3. The molecule has 3 aromatic rings. The molecule has 1 N–H and O–H groups in total. The minimum Gasteiger partial charge on any atom is -0.492 e. The molecule has 1 atom stereocenters. The van der Waals surface area contributed by atoms with Crippen LogP contribution in [0.2, 0.25) is 0 Å². The van der Waals surface area contributed by atoms with Gasteiger partial charge in [0.25, 0.3) is 5.91 Å². The van der Waals surface area contributed by atoms with Gasteiger partial charge in [-0.2, -0.15) is 0 Å². The molecule has 4 rings (SSSR count). The second-order valence-electron chi connectivity index (χ2n) is 8.50. The van der Waals surface area contributed by atoms with E-state index in [1.54, 1.807) is 11.9 Å². The lowest BCUT2D eigenvalue weighted by Crippen LogP contribution is -2.30. The number of amides is 1. The van der Waals surface area contributed by atoms with E-state index in [2.05, 4.69) is 15.3 Å². The molecule has 1 fully saturated rings. The van der Waals surface area contributed by atoms with Crippen molar-refractivity contribution in [1.82, 2.24) is 14.9 Å². The Labute approximate surface area is 197 Å². The van der Waals surface area contributed by atoms with Crippen LogP contribution < -0.4 is 10.1 Å². The number of nitrogens with one attached hydrogen (secondary N) is 1. The molecule has 1 aromatic carbocycles. The van der Waals surface area contributed by atoms with E-state index < -0.39 is 9.84 Å². The lowest BCUT2D eigenvalue weighted by molar-refractivity contribution is 0.0778. The fraction of sp³-hybridized carbons (Fsp3) is 0.435. The minimum atomic E-state index is -2.93. The number of hydrogen-bond donors (Lipinski definition) is 1. The molecule has 0 radical (unpaired) electrons. The Morgan fingerprint density at radius 3 is 2.70 bits per heavy atom. The monoisotopic (exact) mass is 488 g/mol. The number of carbonyl (C=O) groups excluding carboxylic acids is 1. The fourth-order valence-corrected chi connectivity index (χ4v) is 6.90. The van der Waals surface area contributed by atoms with Crippen LogP contribution in [0.4, 0.5) is 5.82 Å². The fourth-order valence-electron chi connectivity index (χ4n) is 3.89. The number of anilines is 1. The maximum Gasteiger partial charge on any atom is 0.264 e. The Morgan fingerprint density at radius 1 is 1.24 bits per heavy atom. The van der Waals surface area contributed by atoms with Gasteiger partial charge in [-0.3, -0.25) is 4.79 Å². The summed E-state index contributed by atoms with van der Waals surface area (Å²) in [5, 5.41) is 4.11. The molecule has 3 heterocycles. The maximum atomic E-state index is 13.1. The first-order valence-corrected chi connectivity index (χ1v) is 13.5. The number of rotatable bonds is 8. The SMILES string of the molecule is Cc1ccc(OCCN(C)C(=O)c2sc3ncnc(NC[C@@H]4CCS(=O)(=O)C4)c3c2C)cc1. The van der Waals surface area contributed by atoms with Gasteiger partial charge in [0, 0.05) is 13.6 Å². The van der Waals surface area contributed by atoms with Gasteiger partial charge >= 0.3 is 0 Å². The third kappa shape index (κ3) is 5.44. The average molecular weight is 489 g/mol. The molecule has 1 aliphatic heterocycles. The number of hydrogen-bond acceptors (Lipinski definition) is 8. The van der Waals surface area contributed by atoms with Gasteiger partial charge in [-0.25, -0.2) is 18.4 Å². The predicted octanol–water partition coefficient (Wildman–Crippen LogP) is 3.31. The van der Waals surface area contributed by atoms with E-state index in [1.165, 1.54) is 23.2 Å². The number of benzene rings is 1. The third-order valence-corrected chi connectivity index (χ3v) is 8.89. The van der Waals surface area contributed by atoms with E-state index >= 15 is 0 Å². The van der Waals surface area contributed by atoms with Crippen LogP contribution in [-0.4, -0.2) is 67.4 Å². The predicted molar refractivity (Wildman–Crippen MR) is 131 cm³/mol. The summed E-state index contributed by atoms with van der Waals surface area (Å²) in [6, 6.07) is 7.81. The van der Waals surface area contributed by atoms with Gasteiger partial charge < -0.3 is 15.0 Å². The molecule has 0 spiro atoms. The topological polar surface area (TPSA) is 101 Å². The molecular formula is C23H28N4O4S2. The second-order valence-corrected chi connectivity index (χ2v) is 11.7. The lowest BCUT2D eigenvalue weighted by Gasteiger charge is -2.17. The van der Waals surface area contributed by atoms with Crippen LogP contribution in [0.15, 0.2) is 30.6 Å². The van der Waals surface area contributed by atoms with Gasteiger partial charge in [0.1, 0.15) is 29.3 Å². The van der Waals surface area contributed by atoms with Crippen LogP contribution in [0.5, 0.6) is 5.75 Å². The summed E-state index contributed by atoms with van der Waals surface area (Å²) in [6.45, 7) is 5.30. The third-order valence-electron chi connectivity index (χ3n) is 5.87. The zero-order chi connectivity index (χ0) is 23.6. The first kappa shape index (κ1) is 23.4. The van der Waals surface area contributed by atoms with Crippen molar-refractivity contribution < 1.29 is 17.9 Å². The Balaban J connectivity index is 1.42. The lowest BCUT2D eigenvalue weighted by atomic mass is 10.1. The van der Waals surface area contributed by atoms with E-state index in [4.69, 9.17) is 4.74 Å². The van der Waals surface area contributed by atoms with Crippen LogP contribution >= 0.6 is 11.3 Å². The summed E-state index contributed by atoms with van der Waals surface area (Å²) in [5.74, 6) is 1.85. The zero-order valence-corrected chi connectivity index (χ0v) is 20.6. The molecular weight excluding hydrogens is 460 g/mol. The highest BCUT2D eigenvalue weighted by atomic mass is 32.2. The number of carbonyl (C=O) groups is 1. The van der Waals surface area contributed by atoms with Crippen LogP contribution in [-0.2, 0) is 9.84 Å². The summed E-state index contributed by atoms with van der Waals surface area (Å²) in [6.07, 6.45) is 2.13. The van der Waals surface area contributed by atoms with Gasteiger partial charge in [-0.05, 0) is 43.9 Å². The summed E-state index contributed by atoms with van der Waals surface area (Å²) in [7, 11) is -1.17. The zero-order valence-electron chi connectivity index (χ0n) is 19.0. The van der Waals surface area contributed by atoms with E-state index in [0.717, 1.165) is 21.5 Å². The van der Waals surface area contributed by atoms with Gasteiger partial charge in [0.2, 0.25) is 0 Å². The van der Waals surface area contributed by atoms with Gasteiger partial charge in [-0.1, -0.05) is 17.7 Å². The summed E-state index contributed by atoms with van der Waals surface area (Å²) in [5.41, 5.74) is 1.99. The molecule has 10 heteroatoms. The Morgan fingerprint density at radius 2 is 2.00 bits per heavy atom. The Bertz CT molecular complexity index is 1260. The molecule has 0 aliphatic carbocycles. The highest BCUT2D eigenvalue weighted by Crippen LogP contribution is 2.34. The molecule has 1 saturated heterocycles. The van der Waals surface area contributed by atoms with Gasteiger partial charge in [-0.15, -0.1) is 11.3 Å². The van der Waals surface area contributed by atoms with Crippen molar-refractivity contribution in [3.05, 3.63) is 46.6 Å². The number of thiophene rings is 1. The number of likely N-dealkylation sites (N-methyl/N-ethyl adjacent to an activating group) is 1. The largest absolute Gasteiger partial charge is 0.492 e. The molecule has 33 heavy (non-hydrogen) atoms. The minimum absolute atomic E-state index is 0.0692. The van der Waals surface area contributed by atoms with Crippen LogP contribution in [0.3, 0.4) is 0 Å². The van der Waals surface area contributed by atoms with Gasteiger partial charge in [0.15, 0.2) is 9.84 Å². The first-order chi connectivity index (χ1) is 15.7. The standard InChI is InChI=1S/C23H28N4O4S2/c1-15-4-6-18(7-5-15)31-10-9-27(3)23(28)20-16(2)19-21(25-14-26-22(19)32-20)24-12-17-8-11-33(29,30)13-17/h4-7,14,17H,8-13H2,1-3H3,(H,24,25,26)/t17-/m0/s1. The number of aryl methyl sites for hydroxylation is 2. The van der Waals surface area contributed by atoms with Crippen molar-refractivity contribution in [3.8, 4) is 5.75 Å². The first-order valence-electron chi connectivity index (χ1n) is 10.9. The Kier molecular flexibility index (Phi) is 6.85. The molecule has 0 bridgehead atoms. The highest BCUT2D eigenvalue weighted by Gasteiger charge is 2.28. The number of fused-ring (bicyclic) bond motifs is 1. The van der Waals surface area contributed by atoms with E-state index in [0.29, 0.717) is 36.8 Å². The van der Waals surface area contributed by atoms with Crippen LogP contribution in [0.1, 0.15) is 27.2 Å². The van der Waals surface area contributed by atoms with Crippen molar-refractivity contribution >= 4 is 43.1 Å². The quantitative estimate of drug-likeness (QED) is 0.519. The molecule has 1 amide bonds. The van der Waals surface area contributed by atoms with Crippen molar-refractivity contribution in [2.24, 2.45) is 5.92 Å². The van der Waals surface area contributed by atoms with E-state index in [-0.39, 0.29) is 23.3 Å². The van der Waals surface area contributed by atoms with Crippen molar-refractivity contribution in [2.45, 2.75) is 20.3 Å². The smallest absolute Gasteiger partial charge is 0.264 e. The van der Waals surface area contributed by atoms with Gasteiger partial charge in [0.05, 0.1) is 28.3 Å². The van der Waals surface area contributed by atoms with Crippen LogP contribution in [0, 0.1) is 19.8 Å². The van der Waals surface area contributed by atoms with Crippen molar-refractivity contribution in [2.75, 3.05) is 43.6 Å². The number of ether oxygens (including phenoxy) is 1. The van der Waals surface area contributed by atoms with Crippen LogP contribution in [0.25, 0.3) is 10.2 Å². The normalized spacial score (nSPS) is 17.2. The summed E-state index contributed by atoms with van der Waals surface area (Å²) < 4.78 is 29.2. The second kappa shape index (κ2) is 9.64. The number of sulfone groups is 1. The summed E-state index contributed by atoms with van der Waals surface area (Å²) in [4.78, 5) is 24.8. The summed E-state index contributed by atoms with van der Waals surface area (Å²) >= 11 is 1.34. The molecule has 8 nitrogen and oxygen atoms in total. The molecule has 2 aromatic heterocycles. The Hall–Kier alpha value is -2.72. The molecule has 0 saturated carbocycles. The molecule has 1 aliphatic rings. The molecule has 176 valence electrons. The van der Waals surface area contributed by atoms with Crippen molar-refractivity contribution in [1.29, 1.82) is 0 Å². The molecule has 0 unspecified atom stereocenters. The number of aromatic nitrogens is 2. The maximum absolute atomic E-state index is 13.1. The van der Waals surface area contributed by atoms with E-state index in [1.807, 2.05) is 38.1 Å². The average Bonchev–Trinajstić information content (AvgIpc) is 3.32.